The first-order valence-corrected chi connectivity index (χ1v) is 4.36. The molecule has 2 nitrogen and oxygen atoms in total. The molecule has 0 amide bonds. The molecule has 0 aromatic heterocycles. The number of aliphatic hydroxyl groups excluding tert-OH is 1. The van der Waals surface area contributed by atoms with E-state index in [1.165, 1.54) is 6.42 Å². The fraction of sp³-hybridized carbons (Fsp3) is 0.889. The summed E-state index contributed by atoms with van der Waals surface area (Å²) in [6.07, 6.45) is 7.38. The Morgan fingerprint density at radius 3 is 2.91 bits per heavy atom. The molecule has 1 fully saturated rings. The predicted molar refractivity (Wildman–Crippen MR) is 42.9 cm³/mol. The fourth-order valence-electron chi connectivity index (χ4n) is 1.79. The molecule has 0 aliphatic heterocycles. The summed E-state index contributed by atoms with van der Waals surface area (Å²) in [7, 11) is 0. The van der Waals surface area contributed by atoms with Gasteiger partial charge >= 0.3 is 0 Å². The van der Waals surface area contributed by atoms with Crippen LogP contribution in [-0.2, 0) is 4.79 Å². The molecule has 0 spiro atoms. The molecule has 2 heteroatoms. The molecule has 1 aliphatic carbocycles. The van der Waals surface area contributed by atoms with Crippen LogP contribution in [-0.4, -0.2) is 17.5 Å². The monoisotopic (exact) mass is 155 g/mol. The van der Waals surface area contributed by atoms with Crippen LogP contribution < -0.4 is 0 Å². The largest absolute Gasteiger partial charge is 0.393 e. The second-order valence-corrected chi connectivity index (χ2v) is 3.37. The zero-order chi connectivity index (χ0) is 8.10. The van der Waals surface area contributed by atoms with Gasteiger partial charge in [0.1, 0.15) is 0 Å². The van der Waals surface area contributed by atoms with Crippen molar-refractivity contribution in [2.24, 2.45) is 5.92 Å². The van der Waals surface area contributed by atoms with E-state index in [9.17, 15) is 9.90 Å². The normalized spacial score (nSPS) is 31.7. The predicted octanol–water partition coefficient (Wildman–Crippen LogP) is 1.43. The Kier molecular flexibility index (Phi) is 3.57. The van der Waals surface area contributed by atoms with Gasteiger partial charge in [-0.3, -0.25) is 4.79 Å². The second kappa shape index (κ2) is 4.50. The highest BCUT2D eigenvalue weighted by molar-refractivity contribution is 5.50. The third-order valence-corrected chi connectivity index (χ3v) is 2.41. The molecule has 63 valence electrons. The molecular weight excluding hydrogens is 140 g/mol. The standard InChI is InChI=1S/C9H15O2/c10-6-2-4-8-3-1-5-9(11)7-8/h8-9,11H,1-5,7H2. The van der Waals surface area contributed by atoms with Gasteiger partial charge in [0, 0.05) is 6.42 Å². The van der Waals surface area contributed by atoms with E-state index < -0.39 is 0 Å². The Hall–Kier alpha value is -0.370. The van der Waals surface area contributed by atoms with Crippen molar-refractivity contribution in [2.75, 3.05) is 0 Å². The average Bonchev–Trinajstić information content (AvgIpc) is 2.01. The molecule has 2 unspecified atom stereocenters. The van der Waals surface area contributed by atoms with Gasteiger partial charge in [0.2, 0.25) is 0 Å². The second-order valence-electron chi connectivity index (χ2n) is 3.37. The maximum Gasteiger partial charge on any atom is 0.198 e. The molecule has 1 rings (SSSR count). The lowest BCUT2D eigenvalue weighted by molar-refractivity contribution is 0.0989. The van der Waals surface area contributed by atoms with Crippen molar-refractivity contribution in [1.82, 2.24) is 0 Å². The first-order valence-electron chi connectivity index (χ1n) is 4.36. The minimum absolute atomic E-state index is 0.111. The van der Waals surface area contributed by atoms with Gasteiger partial charge in [0.25, 0.3) is 0 Å². The van der Waals surface area contributed by atoms with Crippen molar-refractivity contribution < 1.29 is 9.90 Å². The van der Waals surface area contributed by atoms with Crippen LogP contribution in [0.3, 0.4) is 0 Å². The van der Waals surface area contributed by atoms with Crippen LogP contribution in [0.15, 0.2) is 0 Å². The van der Waals surface area contributed by atoms with Crippen LogP contribution in [0.2, 0.25) is 0 Å². The zero-order valence-corrected chi connectivity index (χ0v) is 6.75. The summed E-state index contributed by atoms with van der Waals surface area (Å²) in [6.45, 7) is 0. The number of carbonyl (C=O) groups excluding carboxylic acids is 1. The maximum absolute atomic E-state index is 9.94. The average molecular weight is 155 g/mol. The lowest BCUT2D eigenvalue weighted by atomic mass is 9.84. The molecule has 0 saturated heterocycles. The van der Waals surface area contributed by atoms with Crippen LogP contribution in [0.1, 0.15) is 38.5 Å². The van der Waals surface area contributed by atoms with Gasteiger partial charge in [-0.25, -0.2) is 0 Å². The number of aliphatic hydroxyl groups is 1. The summed E-state index contributed by atoms with van der Waals surface area (Å²) >= 11 is 0. The molecule has 1 saturated carbocycles. The summed E-state index contributed by atoms with van der Waals surface area (Å²) in [5, 5.41) is 9.28. The van der Waals surface area contributed by atoms with E-state index in [1.54, 1.807) is 0 Å². The van der Waals surface area contributed by atoms with Crippen LogP contribution in [0, 0.1) is 5.92 Å². The maximum atomic E-state index is 9.94. The van der Waals surface area contributed by atoms with Gasteiger partial charge in [0.15, 0.2) is 6.29 Å². The number of hydrogen-bond donors (Lipinski definition) is 1. The van der Waals surface area contributed by atoms with E-state index in [4.69, 9.17) is 0 Å². The highest BCUT2D eigenvalue weighted by Crippen LogP contribution is 2.27. The molecule has 11 heavy (non-hydrogen) atoms. The molecular formula is C9H15O2. The van der Waals surface area contributed by atoms with Gasteiger partial charge in [-0.05, 0) is 25.2 Å². The number of rotatable bonds is 3. The molecule has 2 atom stereocenters. The van der Waals surface area contributed by atoms with Crippen LogP contribution in [0.4, 0.5) is 0 Å². The van der Waals surface area contributed by atoms with Gasteiger partial charge in [-0.1, -0.05) is 12.8 Å². The summed E-state index contributed by atoms with van der Waals surface area (Å²) in [4.78, 5) is 9.94. The van der Waals surface area contributed by atoms with Gasteiger partial charge < -0.3 is 5.11 Å². The summed E-state index contributed by atoms with van der Waals surface area (Å²) < 4.78 is 0. The van der Waals surface area contributed by atoms with E-state index in [1.807, 2.05) is 6.29 Å². The van der Waals surface area contributed by atoms with E-state index in [0.29, 0.717) is 12.3 Å². The first-order chi connectivity index (χ1) is 5.33. The minimum Gasteiger partial charge on any atom is -0.393 e. The SMILES string of the molecule is O=[C]CCC1CCCC(O)C1. The van der Waals surface area contributed by atoms with Crippen molar-refractivity contribution >= 4 is 6.29 Å². The van der Waals surface area contributed by atoms with E-state index in [-0.39, 0.29) is 6.10 Å². The summed E-state index contributed by atoms with van der Waals surface area (Å²) in [5.41, 5.74) is 0. The Bertz CT molecular complexity index is 123. The third-order valence-electron chi connectivity index (χ3n) is 2.41. The Labute approximate surface area is 67.6 Å². The lowest BCUT2D eigenvalue weighted by Gasteiger charge is -2.24. The van der Waals surface area contributed by atoms with Crippen molar-refractivity contribution in [3.05, 3.63) is 0 Å². The quantitative estimate of drug-likeness (QED) is 0.669. The van der Waals surface area contributed by atoms with E-state index >= 15 is 0 Å². The van der Waals surface area contributed by atoms with Crippen LogP contribution in [0.5, 0.6) is 0 Å². The van der Waals surface area contributed by atoms with Crippen LogP contribution in [0.25, 0.3) is 0 Å². The summed E-state index contributed by atoms with van der Waals surface area (Å²) in [6, 6.07) is 0. The van der Waals surface area contributed by atoms with Crippen molar-refractivity contribution in [3.8, 4) is 0 Å². The third kappa shape index (κ3) is 3.02. The Morgan fingerprint density at radius 2 is 2.27 bits per heavy atom. The van der Waals surface area contributed by atoms with Crippen molar-refractivity contribution in [1.29, 1.82) is 0 Å². The van der Waals surface area contributed by atoms with Gasteiger partial charge in [0.05, 0.1) is 6.10 Å². The summed E-state index contributed by atoms with van der Waals surface area (Å²) in [5.74, 6) is 0.570. The van der Waals surface area contributed by atoms with Crippen LogP contribution >= 0.6 is 0 Å². The highest BCUT2D eigenvalue weighted by Gasteiger charge is 2.19. The number of hydrogen-bond acceptors (Lipinski definition) is 2. The zero-order valence-electron chi connectivity index (χ0n) is 6.75. The lowest BCUT2D eigenvalue weighted by Crippen LogP contribution is -2.19. The van der Waals surface area contributed by atoms with E-state index in [0.717, 1.165) is 25.7 Å². The van der Waals surface area contributed by atoms with Gasteiger partial charge in [-0.2, -0.15) is 0 Å². The molecule has 1 aliphatic rings. The fourth-order valence-corrected chi connectivity index (χ4v) is 1.79. The smallest absolute Gasteiger partial charge is 0.198 e. The Balaban J connectivity index is 2.17. The molecule has 0 aromatic carbocycles. The van der Waals surface area contributed by atoms with Crippen molar-refractivity contribution in [2.45, 2.75) is 44.6 Å². The molecule has 1 N–H and O–H groups in total. The van der Waals surface area contributed by atoms with Gasteiger partial charge in [-0.15, -0.1) is 0 Å². The minimum atomic E-state index is -0.111. The highest BCUT2D eigenvalue weighted by atomic mass is 16.3. The molecule has 0 bridgehead atoms. The molecule has 1 radical (unpaired) electrons. The first kappa shape index (κ1) is 8.72. The topological polar surface area (TPSA) is 37.3 Å². The molecule has 0 heterocycles. The van der Waals surface area contributed by atoms with Crippen molar-refractivity contribution in [3.63, 3.8) is 0 Å². The van der Waals surface area contributed by atoms with E-state index in [2.05, 4.69) is 0 Å². The Morgan fingerprint density at radius 1 is 1.45 bits per heavy atom. The molecule has 0 aromatic rings.